The van der Waals surface area contributed by atoms with Gasteiger partial charge in [0.05, 0.1) is 0 Å². The fourth-order valence-electron chi connectivity index (χ4n) is 5.45. The highest BCUT2D eigenvalue weighted by Gasteiger charge is 2.37. The number of phenolic OH excluding ortho intramolecular Hbond substituents is 2. The lowest BCUT2D eigenvalue weighted by atomic mass is 9.94. The van der Waals surface area contributed by atoms with Crippen LogP contribution in [-0.2, 0) is 20.7 Å². The molecular weight excluding hydrogens is 546 g/mol. The maximum Gasteiger partial charge on any atom is 0.408 e. The van der Waals surface area contributed by atoms with Gasteiger partial charge in [0, 0.05) is 19.0 Å². The van der Waals surface area contributed by atoms with Crippen LogP contribution in [0.1, 0.15) is 103 Å². The molecule has 1 aliphatic rings. The molecule has 2 atom stereocenters. The second kappa shape index (κ2) is 16.2. The van der Waals surface area contributed by atoms with Crippen LogP contribution >= 0.6 is 0 Å². The SMILES string of the molecule is CCCCCCN(C(=O)C(Cc1ccc(O)cc1)NC(=O)OC(C)(C)C)C(C(=O)NC1CCCCC1)c1ccc(O)cc1. The molecule has 4 N–H and O–H groups in total. The molecule has 3 rings (SSSR count). The second-order valence-electron chi connectivity index (χ2n) is 12.5. The third kappa shape index (κ3) is 11.1. The summed E-state index contributed by atoms with van der Waals surface area (Å²) in [6.07, 6.45) is 7.99. The van der Waals surface area contributed by atoms with Gasteiger partial charge in [-0.1, -0.05) is 69.7 Å². The van der Waals surface area contributed by atoms with Crippen LogP contribution < -0.4 is 10.6 Å². The van der Waals surface area contributed by atoms with Gasteiger partial charge in [0.1, 0.15) is 29.2 Å². The van der Waals surface area contributed by atoms with Crippen LogP contribution in [0.3, 0.4) is 0 Å². The first-order valence-corrected chi connectivity index (χ1v) is 15.6. The average Bonchev–Trinajstić information content (AvgIpc) is 2.95. The van der Waals surface area contributed by atoms with Gasteiger partial charge < -0.3 is 30.5 Å². The molecule has 9 nitrogen and oxygen atoms in total. The number of amides is 3. The molecule has 1 aliphatic carbocycles. The van der Waals surface area contributed by atoms with Gasteiger partial charge in [-0.3, -0.25) is 9.59 Å². The summed E-state index contributed by atoms with van der Waals surface area (Å²) in [7, 11) is 0. The van der Waals surface area contributed by atoms with Crippen molar-refractivity contribution in [1.29, 1.82) is 0 Å². The monoisotopic (exact) mass is 595 g/mol. The van der Waals surface area contributed by atoms with E-state index in [-0.39, 0.29) is 29.9 Å². The number of ether oxygens (including phenoxy) is 1. The third-order valence-electron chi connectivity index (χ3n) is 7.62. The predicted octanol–water partition coefficient (Wildman–Crippen LogP) is 6.13. The number of rotatable bonds is 13. The van der Waals surface area contributed by atoms with Crippen LogP contribution in [0.25, 0.3) is 0 Å². The van der Waals surface area contributed by atoms with Gasteiger partial charge in [0.25, 0.3) is 0 Å². The van der Waals surface area contributed by atoms with Gasteiger partial charge >= 0.3 is 6.09 Å². The lowest BCUT2D eigenvalue weighted by Crippen LogP contribution is -2.54. The minimum absolute atomic E-state index is 0.0330. The van der Waals surface area contributed by atoms with E-state index in [1.807, 2.05) is 0 Å². The Morgan fingerprint density at radius 1 is 0.907 bits per heavy atom. The third-order valence-corrected chi connectivity index (χ3v) is 7.62. The number of nitrogens with one attached hydrogen (secondary N) is 2. The molecule has 0 aromatic heterocycles. The average molecular weight is 596 g/mol. The fourth-order valence-corrected chi connectivity index (χ4v) is 5.45. The summed E-state index contributed by atoms with van der Waals surface area (Å²) in [5.74, 6) is -0.529. The number of carbonyl (C=O) groups is 3. The van der Waals surface area contributed by atoms with Gasteiger partial charge in [0.15, 0.2) is 0 Å². The first-order valence-electron chi connectivity index (χ1n) is 15.6. The zero-order valence-corrected chi connectivity index (χ0v) is 26.1. The van der Waals surface area contributed by atoms with Crippen molar-refractivity contribution in [3.63, 3.8) is 0 Å². The summed E-state index contributed by atoms with van der Waals surface area (Å²) in [5.41, 5.74) is 0.534. The maximum atomic E-state index is 14.5. The highest BCUT2D eigenvalue weighted by molar-refractivity contribution is 5.92. The van der Waals surface area contributed by atoms with E-state index in [4.69, 9.17) is 4.74 Å². The summed E-state index contributed by atoms with van der Waals surface area (Å²) in [4.78, 5) is 43.1. The molecule has 236 valence electrons. The minimum Gasteiger partial charge on any atom is -0.508 e. The Morgan fingerprint density at radius 3 is 2.09 bits per heavy atom. The Balaban J connectivity index is 2.01. The van der Waals surface area contributed by atoms with E-state index in [0.29, 0.717) is 18.5 Å². The Bertz CT molecular complexity index is 1170. The van der Waals surface area contributed by atoms with Crippen molar-refractivity contribution < 1.29 is 29.3 Å². The number of hydrogen-bond donors (Lipinski definition) is 4. The molecule has 0 spiro atoms. The van der Waals surface area contributed by atoms with Gasteiger partial charge in [0.2, 0.25) is 11.8 Å². The van der Waals surface area contributed by atoms with E-state index in [2.05, 4.69) is 17.6 Å². The van der Waals surface area contributed by atoms with Crippen LogP contribution in [0.5, 0.6) is 11.5 Å². The largest absolute Gasteiger partial charge is 0.508 e. The molecule has 0 bridgehead atoms. The zero-order valence-electron chi connectivity index (χ0n) is 26.1. The number of nitrogens with zero attached hydrogens (tertiary/aromatic N) is 1. The molecule has 1 saturated carbocycles. The van der Waals surface area contributed by atoms with Crippen molar-refractivity contribution in [1.82, 2.24) is 15.5 Å². The van der Waals surface area contributed by atoms with E-state index >= 15 is 0 Å². The highest BCUT2D eigenvalue weighted by Crippen LogP contribution is 2.27. The topological polar surface area (TPSA) is 128 Å². The second-order valence-corrected chi connectivity index (χ2v) is 12.5. The van der Waals surface area contributed by atoms with Crippen LogP contribution in [0, 0.1) is 0 Å². The van der Waals surface area contributed by atoms with Crippen molar-refractivity contribution >= 4 is 17.9 Å². The standard InChI is InChI=1S/C34H49N3O6/c1-5-6-7-11-22-37(30(25-16-20-28(39)21-17-25)31(40)35-26-12-9-8-10-13-26)32(41)29(36-33(42)43-34(2,3)4)23-24-14-18-27(38)19-15-24/h14-21,26,29-30,38-39H,5-13,22-23H2,1-4H3,(H,35,40)(H,36,42). The van der Waals surface area contributed by atoms with Crippen molar-refractivity contribution in [2.24, 2.45) is 0 Å². The van der Waals surface area contributed by atoms with Crippen LogP contribution in [-0.4, -0.2) is 57.3 Å². The smallest absolute Gasteiger partial charge is 0.408 e. The first-order chi connectivity index (χ1) is 20.5. The van der Waals surface area contributed by atoms with E-state index in [1.165, 1.54) is 24.3 Å². The molecule has 0 radical (unpaired) electrons. The van der Waals surface area contributed by atoms with Crippen molar-refractivity contribution in [2.75, 3.05) is 6.54 Å². The lowest BCUT2D eigenvalue weighted by Gasteiger charge is -2.36. The summed E-state index contributed by atoms with van der Waals surface area (Å²) in [6.45, 7) is 7.67. The Labute approximate surface area is 256 Å². The summed E-state index contributed by atoms with van der Waals surface area (Å²) >= 11 is 0. The Morgan fingerprint density at radius 2 is 1.51 bits per heavy atom. The van der Waals surface area contributed by atoms with Gasteiger partial charge in [-0.05, 0) is 75.4 Å². The number of carbonyl (C=O) groups excluding carboxylic acids is 3. The molecule has 0 aliphatic heterocycles. The van der Waals surface area contributed by atoms with Crippen LogP contribution in [0.4, 0.5) is 4.79 Å². The van der Waals surface area contributed by atoms with E-state index in [0.717, 1.165) is 56.9 Å². The summed E-state index contributed by atoms with van der Waals surface area (Å²) < 4.78 is 5.51. The highest BCUT2D eigenvalue weighted by atomic mass is 16.6. The molecule has 9 heteroatoms. The Kier molecular flexibility index (Phi) is 12.7. The quantitative estimate of drug-likeness (QED) is 0.206. The molecular formula is C34H49N3O6. The number of alkyl carbamates (subject to hydrolysis) is 1. The normalized spacial score (nSPS) is 15.3. The number of benzene rings is 2. The van der Waals surface area contributed by atoms with E-state index < -0.39 is 29.7 Å². The molecule has 43 heavy (non-hydrogen) atoms. The molecule has 0 saturated heterocycles. The lowest BCUT2D eigenvalue weighted by molar-refractivity contribution is -0.143. The predicted molar refractivity (Wildman–Crippen MR) is 167 cm³/mol. The number of phenols is 2. The first kappa shape index (κ1) is 33.7. The van der Waals surface area contributed by atoms with Crippen molar-refractivity contribution in [3.05, 3.63) is 59.7 Å². The van der Waals surface area contributed by atoms with Gasteiger partial charge in [-0.2, -0.15) is 0 Å². The number of unbranched alkanes of at least 4 members (excludes halogenated alkanes) is 3. The van der Waals surface area contributed by atoms with E-state index in [9.17, 15) is 24.6 Å². The molecule has 3 amide bonds. The molecule has 2 aromatic rings. The number of hydrogen-bond acceptors (Lipinski definition) is 6. The summed E-state index contributed by atoms with van der Waals surface area (Å²) in [5, 5.41) is 25.7. The van der Waals surface area contributed by atoms with Crippen LogP contribution in [0.15, 0.2) is 48.5 Å². The number of aromatic hydroxyl groups is 2. The minimum atomic E-state index is -1.03. The zero-order chi connectivity index (χ0) is 31.4. The maximum absolute atomic E-state index is 14.5. The molecule has 2 unspecified atom stereocenters. The Hall–Kier alpha value is -3.75. The fraction of sp³-hybridized carbons (Fsp3) is 0.559. The molecule has 1 fully saturated rings. The van der Waals surface area contributed by atoms with Crippen LogP contribution in [0.2, 0.25) is 0 Å². The van der Waals surface area contributed by atoms with Gasteiger partial charge in [-0.15, -0.1) is 0 Å². The molecule has 2 aromatic carbocycles. The molecule has 0 heterocycles. The van der Waals surface area contributed by atoms with Gasteiger partial charge in [-0.25, -0.2) is 4.79 Å². The van der Waals surface area contributed by atoms with Crippen molar-refractivity contribution in [3.8, 4) is 11.5 Å². The van der Waals surface area contributed by atoms with E-state index in [1.54, 1.807) is 49.9 Å². The van der Waals surface area contributed by atoms with Crippen molar-refractivity contribution in [2.45, 2.75) is 116 Å². The summed E-state index contributed by atoms with van der Waals surface area (Å²) in [6, 6.07) is 10.9.